The van der Waals surface area contributed by atoms with Crippen LogP contribution in [-0.2, 0) is 23.8 Å². The number of carbonyl (C=O) groups is 2. The summed E-state index contributed by atoms with van der Waals surface area (Å²) in [5.74, 6) is 0.879. The second kappa shape index (κ2) is 44.6. The molecule has 1 unspecified atom stereocenters. The molecule has 0 aromatic heterocycles. The van der Waals surface area contributed by atoms with Gasteiger partial charge in [0, 0.05) is 45.2 Å². The number of likely N-dealkylation sites (N-methyl/N-ethyl adjacent to an activating group) is 1. The molecule has 1 rings (SSSR count). The first-order chi connectivity index (χ1) is 30.9. The van der Waals surface area contributed by atoms with Crippen LogP contribution in [0.2, 0.25) is 0 Å². The van der Waals surface area contributed by atoms with Crippen LogP contribution in [0.4, 0.5) is 0 Å². The van der Waals surface area contributed by atoms with Crippen molar-refractivity contribution in [2.75, 3.05) is 72.8 Å². The Balaban J connectivity index is 2.67. The van der Waals surface area contributed by atoms with Gasteiger partial charge in [0.15, 0.2) is 0 Å². The van der Waals surface area contributed by atoms with E-state index in [4.69, 9.17) is 14.2 Å². The molecular weight excluding hydrogens is 787 g/mol. The zero-order chi connectivity index (χ0) is 45.9. The van der Waals surface area contributed by atoms with E-state index in [0.29, 0.717) is 63.8 Å². The molecule has 0 spiro atoms. The van der Waals surface area contributed by atoms with Crippen molar-refractivity contribution in [2.24, 2.45) is 11.8 Å². The summed E-state index contributed by atoms with van der Waals surface area (Å²) in [4.78, 5) is 30.8. The molecule has 1 saturated carbocycles. The van der Waals surface area contributed by atoms with Crippen molar-refractivity contribution in [1.29, 1.82) is 0 Å². The van der Waals surface area contributed by atoms with E-state index in [2.05, 4.69) is 49.9 Å². The topological polar surface area (TPSA) is 101 Å². The van der Waals surface area contributed by atoms with Crippen LogP contribution in [0.5, 0.6) is 0 Å². The maximum Gasteiger partial charge on any atom is 0.308 e. The minimum Gasteiger partial charge on any atom is -0.465 e. The summed E-state index contributed by atoms with van der Waals surface area (Å²) in [5, 5.41) is 12.9. The highest BCUT2D eigenvalue weighted by Gasteiger charge is 2.25. The summed E-state index contributed by atoms with van der Waals surface area (Å²) < 4.78 is 18.3. The first-order valence-electron chi connectivity index (χ1n) is 27.5. The van der Waals surface area contributed by atoms with Crippen molar-refractivity contribution in [1.82, 2.24) is 15.1 Å². The van der Waals surface area contributed by atoms with Crippen molar-refractivity contribution >= 4 is 11.9 Å². The van der Waals surface area contributed by atoms with E-state index in [1.165, 1.54) is 186 Å². The van der Waals surface area contributed by atoms with Crippen molar-refractivity contribution < 1.29 is 28.9 Å². The molecule has 63 heavy (non-hydrogen) atoms. The maximum atomic E-state index is 13.1. The second-order valence-electron chi connectivity index (χ2n) is 19.6. The lowest BCUT2D eigenvalue weighted by Crippen LogP contribution is -2.46. The predicted octanol–water partition coefficient (Wildman–Crippen LogP) is 12.8. The summed E-state index contributed by atoms with van der Waals surface area (Å²) in [6, 6.07) is 0.580. The molecule has 0 bridgehead atoms. The van der Waals surface area contributed by atoms with Crippen LogP contribution in [0.15, 0.2) is 0 Å². The van der Waals surface area contributed by atoms with Gasteiger partial charge < -0.3 is 29.5 Å². The number of rotatable bonds is 49. The maximum absolute atomic E-state index is 13.1. The minimum absolute atomic E-state index is 0.0631. The van der Waals surface area contributed by atoms with Crippen molar-refractivity contribution in [3.05, 3.63) is 0 Å². The Labute approximate surface area is 391 Å². The highest BCUT2D eigenvalue weighted by atomic mass is 16.5. The fourth-order valence-electron chi connectivity index (χ4n) is 9.08. The third-order valence-electron chi connectivity index (χ3n) is 13.6. The number of aliphatic hydroxyl groups is 1. The number of nitrogens with one attached hydrogen (secondary N) is 1. The Morgan fingerprint density at radius 3 is 1.57 bits per heavy atom. The van der Waals surface area contributed by atoms with Gasteiger partial charge in [-0.15, -0.1) is 0 Å². The van der Waals surface area contributed by atoms with Crippen LogP contribution in [0, 0.1) is 11.8 Å². The molecule has 1 amide bonds. The highest BCUT2D eigenvalue weighted by Crippen LogP contribution is 2.25. The number of nitrogens with zero attached hydrogens (tertiary/aromatic N) is 2. The van der Waals surface area contributed by atoms with Crippen LogP contribution in [0.25, 0.3) is 0 Å². The van der Waals surface area contributed by atoms with Crippen molar-refractivity contribution in [2.45, 2.75) is 252 Å². The minimum atomic E-state index is -0.221. The number of esters is 1. The Morgan fingerprint density at radius 1 is 0.603 bits per heavy atom. The SMILES string of the molecule is CCCCCCCCC(CCCCCCCC)CNC(=O)CCOC(COCCC(=O)OCC(CCCCCCCC)CCCCCCCC)CN(C)CCN(CCO)C1CCC1. The largest absolute Gasteiger partial charge is 0.465 e. The Hall–Kier alpha value is -1.26. The van der Waals surface area contributed by atoms with Crippen LogP contribution >= 0.6 is 0 Å². The number of amides is 1. The van der Waals surface area contributed by atoms with Crippen LogP contribution in [-0.4, -0.2) is 112 Å². The molecule has 0 saturated heterocycles. The molecule has 0 aromatic rings. The van der Waals surface area contributed by atoms with Gasteiger partial charge in [-0.3, -0.25) is 14.5 Å². The van der Waals surface area contributed by atoms with E-state index >= 15 is 0 Å². The standard InChI is InChI=1S/C54H107N3O6/c1-6-10-14-18-22-26-31-49(32-27-23-19-15-11-7-2)45-55-53(59)37-44-62-52(46-56(5)39-40-57(41-42-58)51-35-30-36-51)48-61-43-38-54(60)63-47-50(33-28-24-20-16-12-8-3)34-29-25-21-17-13-9-4/h49-52,58H,6-48H2,1-5H3,(H,55,59). The number of hydrogen-bond donors (Lipinski definition) is 2. The molecule has 1 fully saturated rings. The molecule has 1 aliphatic rings. The molecule has 0 aromatic carbocycles. The molecular formula is C54H107N3O6. The molecule has 374 valence electrons. The number of ether oxygens (including phenoxy) is 3. The van der Waals surface area contributed by atoms with Crippen molar-refractivity contribution in [3.8, 4) is 0 Å². The monoisotopic (exact) mass is 894 g/mol. The van der Waals surface area contributed by atoms with E-state index in [-0.39, 0.29) is 31.0 Å². The van der Waals surface area contributed by atoms with E-state index in [1.54, 1.807) is 0 Å². The van der Waals surface area contributed by atoms with E-state index in [1.807, 2.05) is 0 Å². The fourth-order valence-corrected chi connectivity index (χ4v) is 9.08. The van der Waals surface area contributed by atoms with Gasteiger partial charge in [0.05, 0.1) is 45.6 Å². The summed E-state index contributed by atoms with van der Waals surface area (Å²) >= 11 is 0. The first kappa shape index (κ1) is 59.8. The van der Waals surface area contributed by atoms with E-state index in [9.17, 15) is 14.7 Å². The zero-order valence-electron chi connectivity index (χ0n) is 42.6. The molecule has 9 heteroatoms. The van der Waals surface area contributed by atoms with Gasteiger partial charge in [0.1, 0.15) is 0 Å². The Kier molecular flexibility index (Phi) is 42.3. The predicted molar refractivity (Wildman–Crippen MR) is 267 cm³/mol. The van der Waals surface area contributed by atoms with Gasteiger partial charge in [0.25, 0.3) is 0 Å². The zero-order valence-corrected chi connectivity index (χ0v) is 42.6. The lowest BCUT2D eigenvalue weighted by molar-refractivity contribution is -0.147. The highest BCUT2D eigenvalue weighted by molar-refractivity contribution is 5.75. The number of aliphatic hydroxyl groups excluding tert-OH is 1. The summed E-state index contributed by atoms with van der Waals surface area (Å²) in [7, 11) is 2.11. The number of carbonyl (C=O) groups excluding carboxylic acids is 2. The molecule has 0 aliphatic heterocycles. The number of hydrogen-bond acceptors (Lipinski definition) is 8. The quantitative estimate of drug-likeness (QED) is 0.0460. The molecule has 1 atom stereocenters. The average molecular weight is 894 g/mol. The average Bonchev–Trinajstić information content (AvgIpc) is 3.26. The van der Waals surface area contributed by atoms with Gasteiger partial charge in [0.2, 0.25) is 5.91 Å². The lowest BCUT2D eigenvalue weighted by atomic mass is 9.91. The van der Waals surface area contributed by atoms with Crippen LogP contribution in [0.1, 0.15) is 240 Å². The van der Waals surface area contributed by atoms with Gasteiger partial charge >= 0.3 is 5.97 Å². The van der Waals surface area contributed by atoms with Gasteiger partial charge in [-0.05, 0) is 57.4 Å². The van der Waals surface area contributed by atoms with E-state index in [0.717, 1.165) is 32.5 Å². The Morgan fingerprint density at radius 2 is 1.10 bits per heavy atom. The molecule has 2 N–H and O–H groups in total. The summed E-state index contributed by atoms with van der Waals surface area (Å²) in [6.45, 7) is 14.7. The molecule has 0 heterocycles. The Bertz CT molecular complexity index is 967. The molecule has 0 radical (unpaired) electrons. The smallest absolute Gasteiger partial charge is 0.308 e. The second-order valence-corrected chi connectivity index (χ2v) is 19.6. The van der Waals surface area contributed by atoms with Crippen LogP contribution < -0.4 is 5.32 Å². The normalized spacial score (nSPS) is 13.7. The first-order valence-corrected chi connectivity index (χ1v) is 27.5. The van der Waals surface area contributed by atoms with Gasteiger partial charge in [-0.2, -0.15) is 0 Å². The van der Waals surface area contributed by atoms with E-state index < -0.39 is 0 Å². The molecule has 1 aliphatic carbocycles. The third-order valence-corrected chi connectivity index (χ3v) is 13.6. The van der Waals surface area contributed by atoms with Gasteiger partial charge in [-0.1, -0.05) is 188 Å². The lowest BCUT2D eigenvalue weighted by Gasteiger charge is -2.38. The summed E-state index contributed by atoms with van der Waals surface area (Å²) in [5.41, 5.74) is 0. The summed E-state index contributed by atoms with van der Waals surface area (Å²) in [6.07, 6.45) is 39.9. The third kappa shape index (κ3) is 36.5. The van der Waals surface area contributed by atoms with Crippen LogP contribution in [0.3, 0.4) is 0 Å². The van der Waals surface area contributed by atoms with Crippen molar-refractivity contribution in [3.63, 3.8) is 0 Å². The van der Waals surface area contributed by atoms with Gasteiger partial charge in [-0.25, -0.2) is 0 Å². The molecule has 9 nitrogen and oxygen atoms in total. The number of unbranched alkanes of at least 4 members (excludes halogenated alkanes) is 20. The fraction of sp³-hybridized carbons (Fsp3) is 0.963.